The topological polar surface area (TPSA) is 88.4 Å². The van der Waals surface area contributed by atoms with Crippen LogP contribution in [0, 0.1) is 11.6 Å². The normalized spacial score (nSPS) is 11.2. The lowest BCUT2D eigenvalue weighted by molar-refractivity contribution is 0.0949. The third-order valence-electron chi connectivity index (χ3n) is 3.65. The molecule has 0 saturated carbocycles. The van der Waals surface area contributed by atoms with E-state index in [4.69, 9.17) is 4.42 Å². The highest BCUT2D eigenvalue weighted by Gasteiger charge is 2.25. The zero-order valence-electron chi connectivity index (χ0n) is 14.1. The lowest BCUT2D eigenvalue weighted by Crippen LogP contribution is -2.25. The Kier molecular flexibility index (Phi) is 5.80. The van der Waals surface area contributed by atoms with Gasteiger partial charge in [0, 0.05) is 10.5 Å². The van der Waals surface area contributed by atoms with Crippen molar-refractivity contribution in [1.29, 1.82) is 0 Å². The molecule has 6 nitrogen and oxygen atoms in total. The molecule has 1 aromatic heterocycles. The van der Waals surface area contributed by atoms with Crippen LogP contribution < -0.4 is 10.0 Å². The standard InChI is InChI=1S/C18H13BrF2N2O4S/c19-14-8-11(20)9-15(21)17(14)28(25,26)23-16-6-2-1-5-13(16)18(24)22-10-12-4-3-7-27-12/h1-9,23H,10H2,(H,22,24). The first-order valence-electron chi connectivity index (χ1n) is 7.85. The molecule has 3 rings (SSSR count). The Bertz CT molecular complexity index is 1100. The predicted molar refractivity (Wildman–Crippen MR) is 101 cm³/mol. The molecule has 3 aromatic rings. The molecule has 0 aliphatic rings. The zero-order chi connectivity index (χ0) is 20.3. The molecule has 2 N–H and O–H groups in total. The maximum atomic E-state index is 14.1. The average Bonchev–Trinajstić information content (AvgIpc) is 3.12. The number of rotatable bonds is 6. The highest BCUT2D eigenvalue weighted by molar-refractivity contribution is 9.10. The number of amides is 1. The minimum Gasteiger partial charge on any atom is -0.467 e. The molecule has 0 aliphatic heterocycles. The Morgan fingerprint density at radius 2 is 1.86 bits per heavy atom. The number of anilines is 1. The maximum Gasteiger partial charge on any atom is 0.265 e. The average molecular weight is 471 g/mol. The van der Waals surface area contributed by atoms with E-state index < -0.39 is 32.5 Å². The summed E-state index contributed by atoms with van der Waals surface area (Å²) in [4.78, 5) is 11.7. The van der Waals surface area contributed by atoms with Gasteiger partial charge in [0.15, 0.2) is 0 Å². The summed E-state index contributed by atoms with van der Waals surface area (Å²) in [5.74, 6) is -2.24. The van der Waals surface area contributed by atoms with E-state index in [-0.39, 0.29) is 22.3 Å². The molecule has 0 radical (unpaired) electrons. The first-order valence-corrected chi connectivity index (χ1v) is 10.1. The summed E-state index contributed by atoms with van der Waals surface area (Å²) in [6.45, 7) is 0.102. The number of hydrogen-bond acceptors (Lipinski definition) is 4. The van der Waals surface area contributed by atoms with Crippen LogP contribution in [0.4, 0.5) is 14.5 Å². The number of carbonyl (C=O) groups is 1. The summed E-state index contributed by atoms with van der Waals surface area (Å²) in [6, 6.07) is 10.5. The monoisotopic (exact) mass is 470 g/mol. The van der Waals surface area contributed by atoms with E-state index in [2.05, 4.69) is 26.0 Å². The Balaban J connectivity index is 1.88. The van der Waals surface area contributed by atoms with Gasteiger partial charge in [-0.15, -0.1) is 0 Å². The molecule has 0 spiro atoms. The van der Waals surface area contributed by atoms with Crippen LogP contribution in [0.1, 0.15) is 16.1 Å². The second-order valence-corrected chi connectivity index (χ2v) is 8.09. The molecule has 0 atom stereocenters. The van der Waals surface area contributed by atoms with Gasteiger partial charge in [0.2, 0.25) is 0 Å². The minimum atomic E-state index is -4.44. The Morgan fingerprint density at radius 1 is 1.11 bits per heavy atom. The quantitative estimate of drug-likeness (QED) is 0.568. The van der Waals surface area contributed by atoms with Crippen LogP contribution in [-0.4, -0.2) is 14.3 Å². The van der Waals surface area contributed by atoms with Crippen LogP contribution in [0.5, 0.6) is 0 Å². The largest absolute Gasteiger partial charge is 0.467 e. The van der Waals surface area contributed by atoms with Gasteiger partial charge in [-0.2, -0.15) is 0 Å². The van der Waals surface area contributed by atoms with E-state index >= 15 is 0 Å². The van der Waals surface area contributed by atoms with Gasteiger partial charge in [-0.25, -0.2) is 17.2 Å². The molecule has 0 fully saturated rings. The summed E-state index contributed by atoms with van der Waals surface area (Å²) < 4.78 is 59.6. The SMILES string of the molecule is O=C(NCc1ccco1)c1ccccc1NS(=O)(=O)c1c(F)cc(F)cc1Br. The minimum absolute atomic E-state index is 0.0243. The molecule has 2 aromatic carbocycles. The molecule has 0 bridgehead atoms. The van der Waals surface area contributed by atoms with E-state index in [9.17, 15) is 22.0 Å². The number of carbonyl (C=O) groups excluding carboxylic acids is 1. The van der Waals surface area contributed by atoms with Gasteiger partial charge in [0.05, 0.1) is 24.1 Å². The number of nitrogens with one attached hydrogen (secondary N) is 2. The van der Waals surface area contributed by atoms with Crippen molar-refractivity contribution in [3.05, 3.63) is 82.2 Å². The lowest BCUT2D eigenvalue weighted by atomic mass is 10.1. The molecule has 28 heavy (non-hydrogen) atoms. The van der Waals surface area contributed by atoms with Crippen molar-refractivity contribution in [3.8, 4) is 0 Å². The molecule has 0 aliphatic carbocycles. The molecule has 146 valence electrons. The van der Waals surface area contributed by atoms with Crippen LogP contribution >= 0.6 is 15.9 Å². The number of halogens is 3. The third kappa shape index (κ3) is 4.39. The molecular formula is C18H13BrF2N2O4S. The third-order valence-corrected chi connectivity index (χ3v) is 5.98. The van der Waals surface area contributed by atoms with Crippen molar-refractivity contribution in [2.45, 2.75) is 11.4 Å². The van der Waals surface area contributed by atoms with Crippen molar-refractivity contribution in [1.82, 2.24) is 5.32 Å². The molecule has 0 saturated heterocycles. The highest BCUT2D eigenvalue weighted by Crippen LogP contribution is 2.29. The Labute approximate surface area is 167 Å². The molecular weight excluding hydrogens is 458 g/mol. The van der Waals surface area contributed by atoms with Crippen molar-refractivity contribution in [2.24, 2.45) is 0 Å². The second kappa shape index (κ2) is 8.11. The van der Waals surface area contributed by atoms with Gasteiger partial charge in [-0.1, -0.05) is 12.1 Å². The van der Waals surface area contributed by atoms with Gasteiger partial charge in [0.1, 0.15) is 22.3 Å². The number of hydrogen-bond donors (Lipinski definition) is 2. The van der Waals surface area contributed by atoms with E-state index in [1.807, 2.05) is 0 Å². The molecule has 0 unspecified atom stereocenters. The molecule has 10 heteroatoms. The van der Waals surface area contributed by atoms with Gasteiger partial charge < -0.3 is 9.73 Å². The predicted octanol–water partition coefficient (Wildman–Crippen LogP) is 4.05. The van der Waals surface area contributed by atoms with Crippen molar-refractivity contribution in [2.75, 3.05) is 4.72 Å². The summed E-state index contributed by atoms with van der Waals surface area (Å²) in [5, 5.41) is 2.60. The van der Waals surface area contributed by atoms with Gasteiger partial charge >= 0.3 is 0 Å². The van der Waals surface area contributed by atoms with Gasteiger partial charge in [0.25, 0.3) is 15.9 Å². The maximum absolute atomic E-state index is 14.1. The van der Waals surface area contributed by atoms with Crippen LogP contribution in [0.15, 0.2) is 68.6 Å². The van der Waals surface area contributed by atoms with Crippen LogP contribution in [0.3, 0.4) is 0 Å². The summed E-state index contributed by atoms with van der Waals surface area (Å²) >= 11 is 2.85. The van der Waals surface area contributed by atoms with Crippen molar-refractivity contribution < 1.29 is 26.4 Å². The van der Waals surface area contributed by atoms with E-state index in [1.165, 1.54) is 24.5 Å². The van der Waals surface area contributed by atoms with Crippen LogP contribution in [0.2, 0.25) is 0 Å². The molecule has 1 amide bonds. The first-order chi connectivity index (χ1) is 13.3. The fourth-order valence-electron chi connectivity index (χ4n) is 2.43. The zero-order valence-corrected chi connectivity index (χ0v) is 16.5. The smallest absolute Gasteiger partial charge is 0.265 e. The summed E-state index contributed by atoms with van der Waals surface area (Å²) in [5.41, 5.74) is -0.0358. The number of furan rings is 1. The number of benzene rings is 2. The van der Waals surface area contributed by atoms with E-state index in [0.29, 0.717) is 11.8 Å². The van der Waals surface area contributed by atoms with Crippen molar-refractivity contribution >= 4 is 37.5 Å². The lowest BCUT2D eigenvalue weighted by Gasteiger charge is -2.14. The number of para-hydroxylation sites is 1. The summed E-state index contributed by atoms with van der Waals surface area (Å²) in [6.07, 6.45) is 1.46. The van der Waals surface area contributed by atoms with E-state index in [1.54, 1.807) is 18.2 Å². The van der Waals surface area contributed by atoms with Crippen molar-refractivity contribution in [3.63, 3.8) is 0 Å². The number of sulfonamides is 1. The van der Waals surface area contributed by atoms with Crippen LogP contribution in [-0.2, 0) is 16.6 Å². The Morgan fingerprint density at radius 3 is 2.54 bits per heavy atom. The fraction of sp³-hybridized carbons (Fsp3) is 0.0556. The van der Waals surface area contributed by atoms with Gasteiger partial charge in [-0.3, -0.25) is 9.52 Å². The van der Waals surface area contributed by atoms with Crippen LogP contribution in [0.25, 0.3) is 0 Å². The fourth-order valence-corrected chi connectivity index (χ4v) is 4.68. The molecule has 1 heterocycles. The first kappa shape index (κ1) is 20.0. The summed E-state index contributed by atoms with van der Waals surface area (Å²) in [7, 11) is -4.44. The van der Waals surface area contributed by atoms with E-state index in [0.717, 1.165) is 6.07 Å². The second-order valence-electron chi connectivity index (χ2n) is 5.61. The highest BCUT2D eigenvalue weighted by atomic mass is 79.9. The Hall–Kier alpha value is -2.72. The van der Waals surface area contributed by atoms with Gasteiger partial charge in [-0.05, 0) is 46.3 Å².